The van der Waals surface area contributed by atoms with Gasteiger partial charge in [-0.2, -0.15) is 0 Å². The van der Waals surface area contributed by atoms with Gasteiger partial charge in [0, 0.05) is 43.4 Å². The van der Waals surface area contributed by atoms with Crippen molar-refractivity contribution in [1.82, 2.24) is 5.32 Å². The van der Waals surface area contributed by atoms with E-state index in [1.165, 1.54) is 6.07 Å². The molecule has 3 rings (SSSR count). The molecule has 0 aromatic heterocycles. The summed E-state index contributed by atoms with van der Waals surface area (Å²) in [5.74, 6) is -0.435. The van der Waals surface area contributed by atoms with Crippen LogP contribution in [0.4, 0.5) is 17.1 Å². The van der Waals surface area contributed by atoms with Gasteiger partial charge in [-0.25, -0.2) is 0 Å². The molecule has 0 radical (unpaired) electrons. The Balaban J connectivity index is 1.67. The number of nitro groups is 1. The van der Waals surface area contributed by atoms with Gasteiger partial charge in [-0.15, -0.1) is 0 Å². The molecule has 1 heterocycles. The topological polar surface area (TPSA) is 105 Å². The van der Waals surface area contributed by atoms with Crippen molar-refractivity contribution in [3.8, 4) is 0 Å². The average Bonchev–Trinajstić information content (AvgIpc) is 3.26. The van der Waals surface area contributed by atoms with E-state index in [0.29, 0.717) is 17.8 Å². The van der Waals surface area contributed by atoms with Crippen LogP contribution >= 0.6 is 0 Å². The van der Waals surface area contributed by atoms with Crippen LogP contribution < -0.4 is 15.5 Å². The van der Waals surface area contributed by atoms with Crippen molar-refractivity contribution in [3.63, 3.8) is 0 Å². The van der Waals surface area contributed by atoms with Crippen LogP contribution in [-0.2, 0) is 11.3 Å². The molecule has 0 aliphatic carbocycles. The van der Waals surface area contributed by atoms with E-state index >= 15 is 0 Å². The van der Waals surface area contributed by atoms with Gasteiger partial charge in [-0.3, -0.25) is 19.7 Å². The van der Waals surface area contributed by atoms with Gasteiger partial charge >= 0.3 is 0 Å². The number of hydrogen-bond donors (Lipinski definition) is 2. The molecule has 30 heavy (non-hydrogen) atoms. The van der Waals surface area contributed by atoms with Gasteiger partial charge in [0.25, 0.3) is 11.6 Å². The first-order valence-electron chi connectivity index (χ1n) is 10.2. The number of hydrogen-bond acceptors (Lipinski definition) is 5. The fraction of sp³-hybridized carbons (Fsp3) is 0.364. The Hall–Kier alpha value is -3.42. The maximum atomic E-state index is 12.6. The molecule has 1 saturated heterocycles. The van der Waals surface area contributed by atoms with E-state index in [4.69, 9.17) is 0 Å². The second-order valence-corrected chi connectivity index (χ2v) is 7.34. The lowest BCUT2D eigenvalue weighted by atomic mass is 10.1. The number of nitro benzene ring substituents is 1. The van der Waals surface area contributed by atoms with Crippen molar-refractivity contribution in [3.05, 3.63) is 63.7 Å². The number of benzene rings is 2. The molecule has 158 valence electrons. The summed E-state index contributed by atoms with van der Waals surface area (Å²) in [6, 6.07) is 11.9. The first-order valence-corrected chi connectivity index (χ1v) is 10.2. The molecular weight excluding hydrogens is 384 g/mol. The van der Waals surface area contributed by atoms with Crippen molar-refractivity contribution >= 4 is 28.9 Å². The van der Waals surface area contributed by atoms with Crippen LogP contribution in [0.25, 0.3) is 0 Å². The second kappa shape index (κ2) is 9.87. The Kier molecular flexibility index (Phi) is 7.00. The van der Waals surface area contributed by atoms with Crippen LogP contribution in [0.1, 0.15) is 48.5 Å². The van der Waals surface area contributed by atoms with E-state index in [1.54, 1.807) is 30.3 Å². The van der Waals surface area contributed by atoms with Gasteiger partial charge < -0.3 is 15.5 Å². The smallest absolute Gasteiger partial charge is 0.293 e. The lowest BCUT2D eigenvalue weighted by Gasteiger charge is -2.17. The first kappa shape index (κ1) is 21.3. The molecule has 2 amide bonds. The molecule has 0 spiro atoms. The van der Waals surface area contributed by atoms with Crippen LogP contribution in [0, 0.1) is 10.1 Å². The van der Waals surface area contributed by atoms with Gasteiger partial charge in [0.05, 0.1) is 4.92 Å². The van der Waals surface area contributed by atoms with Crippen LogP contribution in [0.15, 0.2) is 42.5 Å². The molecule has 2 aromatic carbocycles. The number of rotatable bonds is 8. The third kappa shape index (κ3) is 5.34. The molecule has 0 bridgehead atoms. The molecular formula is C22H26N4O4. The number of carbonyl (C=O) groups excluding carboxylic acids is 2. The van der Waals surface area contributed by atoms with Crippen molar-refractivity contribution < 1.29 is 14.5 Å². The van der Waals surface area contributed by atoms with Crippen molar-refractivity contribution in [2.45, 2.75) is 39.2 Å². The zero-order valence-electron chi connectivity index (χ0n) is 17.0. The summed E-state index contributed by atoms with van der Waals surface area (Å²) in [5, 5.41) is 17.1. The van der Waals surface area contributed by atoms with Crippen molar-refractivity contribution in [2.24, 2.45) is 0 Å². The van der Waals surface area contributed by atoms with Gasteiger partial charge in [0.1, 0.15) is 5.69 Å². The molecule has 0 atom stereocenters. The molecule has 0 unspecified atom stereocenters. The van der Waals surface area contributed by atoms with Crippen LogP contribution in [0.2, 0.25) is 0 Å². The van der Waals surface area contributed by atoms with E-state index in [-0.39, 0.29) is 29.6 Å². The Morgan fingerprint density at radius 2 is 1.90 bits per heavy atom. The monoisotopic (exact) mass is 410 g/mol. The summed E-state index contributed by atoms with van der Waals surface area (Å²) in [6.45, 7) is 3.76. The molecule has 2 N–H and O–H groups in total. The minimum atomic E-state index is -0.438. The van der Waals surface area contributed by atoms with Gasteiger partial charge in [0.2, 0.25) is 5.91 Å². The van der Waals surface area contributed by atoms with Gasteiger partial charge in [-0.1, -0.05) is 19.1 Å². The van der Waals surface area contributed by atoms with E-state index in [9.17, 15) is 19.7 Å². The second-order valence-electron chi connectivity index (χ2n) is 7.34. The highest BCUT2D eigenvalue weighted by Gasteiger charge is 2.23. The first-order chi connectivity index (χ1) is 14.5. The third-order valence-corrected chi connectivity index (χ3v) is 5.02. The summed E-state index contributed by atoms with van der Waals surface area (Å²) in [5.41, 5.74) is 2.25. The third-order valence-electron chi connectivity index (χ3n) is 5.02. The van der Waals surface area contributed by atoms with E-state index in [1.807, 2.05) is 17.9 Å². The highest BCUT2D eigenvalue weighted by molar-refractivity contribution is 5.96. The number of anilines is 2. The molecule has 8 heteroatoms. The van der Waals surface area contributed by atoms with Crippen molar-refractivity contribution in [2.75, 3.05) is 23.3 Å². The number of carbonyl (C=O) groups is 2. The molecule has 1 fully saturated rings. The molecule has 2 aromatic rings. The van der Waals surface area contributed by atoms with Crippen LogP contribution in [0.3, 0.4) is 0 Å². The van der Waals surface area contributed by atoms with Crippen molar-refractivity contribution in [1.29, 1.82) is 0 Å². The number of amides is 2. The predicted molar refractivity (Wildman–Crippen MR) is 116 cm³/mol. The summed E-state index contributed by atoms with van der Waals surface area (Å²) in [7, 11) is 0. The minimum absolute atomic E-state index is 0.0508. The summed E-state index contributed by atoms with van der Waals surface area (Å²) in [6.07, 6.45) is 3.24. The molecule has 0 saturated carbocycles. The number of nitrogens with one attached hydrogen (secondary N) is 2. The standard InChI is InChI=1S/C22H26N4O4/c1-2-6-21(27)24-18-8-5-7-16(13-18)15-23-22(28)17-9-10-19(20(14-17)26(29)30)25-11-3-4-12-25/h5,7-10,13-14H,2-4,6,11-12,15H2,1H3,(H,23,28)(H,24,27). The molecule has 1 aliphatic rings. The van der Waals surface area contributed by atoms with E-state index < -0.39 is 4.92 Å². The number of nitrogens with zero attached hydrogens (tertiary/aromatic N) is 2. The zero-order chi connectivity index (χ0) is 21.5. The Morgan fingerprint density at radius 3 is 2.60 bits per heavy atom. The summed E-state index contributed by atoms with van der Waals surface area (Å²) >= 11 is 0. The fourth-order valence-electron chi connectivity index (χ4n) is 3.53. The largest absolute Gasteiger partial charge is 0.366 e. The minimum Gasteiger partial charge on any atom is -0.366 e. The van der Waals surface area contributed by atoms with E-state index in [0.717, 1.165) is 37.9 Å². The SMILES string of the molecule is CCCC(=O)Nc1cccc(CNC(=O)c2ccc(N3CCCC3)c([N+](=O)[O-])c2)c1. The zero-order valence-corrected chi connectivity index (χ0v) is 17.0. The highest BCUT2D eigenvalue weighted by atomic mass is 16.6. The average molecular weight is 410 g/mol. The maximum Gasteiger partial charge on any atom is 0.293 e. The fourth-order valence-corrected chi connectivity index (χ4v) is 3.53. The maximum absolute atomic E-state index is 12.6. The summed E-state index contributed by atoms with van der Waals surface area (Å²) < 4.78 is 0. The van der Waals surface area contributed by atoms with E-state index in [2.05, 4.69) is 10.6 Å². The van der Waals surface area contributed by atoms with Gasteiger partial charge in [-0.05, 0) is 49.1 Å². The molecule has 8 nitrogen and oxygen atoms in total. The lowest BCUT2D eigenvalue weighted by molar-refractivity contribution is -0.384. The summed E-state index contributed by atoms with van der Waals surface area (Å²) in [4.78, 5) is 37.4. The highest BCUT2D eigenvalue weighted by Crippen LogP contribution is 2.31. The Labute approximate surface area is 175 Å². The van der Waals surface area contributed by atoms with Gasteiger partial charge in [0.15, 0.2) is 0 Å². The van der Waals surface area contributed by atoms with Crippen LogP contribution in [-0.4, -0.2) is 29.8 Å². The Bertz CT molecular complexity index is 938. The lowest BCUT2D eigenvalue weighted by Crippen LogP contribution is -2.24. The Morgan fingerprint density at radius 1 is 1.13 bits per heavy atom. The van der Waals surface area contributed by atoms with Crippen LogP contribution in [0.5, 0.6) is 0 Å². The predicted octanol–water partition coefficient (Wildman–Crippen LogP) is 3.86. The quantitative estimate of drug-likeness (QED) is 0.508. The molecule has 1 aliphatic heterocycles. The normalized spacial score (nSPS) is 13.2.